The number of hydrogen-bond acceptors (Lipinski definition) is 5. The van der Waals surface area contributed by atoms with Crippen LogP contribution in [0.25, 0.3) is 0 Å². The molecule has 0 spiro atoms. The molecule has 3 aromatic rings. The minimum absolute atomic E-state index is 0.158. The molecule has 2 amide bonds. The molecule has 0 aromatic heterocycles. The smallest absolute Gasteiger partial charge is 0.339 e. The molecule has 8 heteroatoms. The number of methoxy groups -OCH3 is 1. The molecular weight excluding hydrogens is 464 g/mol. The Hall–Kier alpha value is -3.65. The largest absolute Gasteiger partial charge is 0.483 e. The van der Waals surface area contributed by atoms with Crippen molar-refractivity contribution >= 4 is 45.1 Å². The van der Waals surface area contributed by atoms with Crippen molar-refractivity contribution in [2.75, 3.05) is 24.4 Å². The number of carbonyl (C=O) groups is 3. The van der Waals surface area contributed by atoms with Gasteiger partial charge in [-0.1, -0.05) is 24.3 Å². The van der Waals surface area contributed by atoms with Crippen molar-refractivity contribution in [2.45, 2.75) is 0 Å². The fourth-order valence-corrected chi connectivity index (χ4v) is 3.08. The first-order chi connectivity index (χ1) is 15.0. The van der Waals surface area contributed by atoms with E-state index in [1.165, 1.54) is 7.11 Å². The van der Waals surface area contributed by atoms with Gasteiger partial charge in [-0.15, -0.1) is 0 Å². The molecule has 0 aliphatic rings. The van der Waals surface area contributed by atoms with E-state index in [-0.39, 0.29) is 18.1 Å². The Morgan fingerprint density at radius 1 is 0.871 bits per heavy atom. The number of halogens is 1. The average molecular weight is 483 g/mol. The molecule has 0 fully saturated rings. The van der Waals surface area contributed by atoms with Crippen molar-refractivity contribution in [3.8, 4) is 5.75 Å². The van der Waals surface area contributed by atoms with Crippen molar-refractivity contribution in [3.63, 3.8) is 0 Å². The van der Waals surface area contributed by atoms with Crippen LogP contribution in [0, 0.1) is 0 Å². The van der Waals surface area contributed by atoms with Crippen LogP contribution >= 0.6 is 15.9 Å². The Bertz CT molecular complexity index is 1100. The molecule has 0 saturated carbocycles. The van der Waals surface area contributed by atoms with Crippen LogP contribution in [0.1, 0.15) is 20.7 Å². The van der Waals surface area contributed by atoms with Gasteiger partial charge >= 0.3 is 5.97 Å². The molecule has 0 heterocycles. The van der Waals surface area contributed by atoms with Crippen LogP contribution in [0.5, 0.6) is 5.75 Å². The Labute approximate surface area is 187 Å². The maximum Gasteiger partial charge on any atom is 0.339 e. The van der Waals surface area contributed by atoms with E-state index in [9.17, 15) is 14.4 Å². The number of rotatable bonds is 7. The van der Waals surface area contributed by atoms with Crippen LogP contribution in [-0.4, -0.2) is 31.5 Å². The van der Waals surface area contributed by atoms with E-state index in [0.717, 1.165) is 4.47 Å². The molecule has 31 heavy (non-hydrogen) atoms. The molecule has 0 aliphatic carbocycles. The number of benzene rings is 3. The predicted octanol–water partition coefficient (Wildman–Crippen LogP) is 4.51. The van der Waals surface area contributed by atoms with E-state index in [1.807, 2.05) is 18.2 Å². The van der Waals surface area contributed by atoms with Gasteiger partial charge in [-0.25, -0.2) is 4.79 Å². The van der Waals surface area contributed by atoms with Gasteiger partial charge in [0.2, 0.25) is 0 Å². The van der Waals surface area contributed by atoms with Crippen LogP contribution in [0.4, 0.5) is 11.4 Å². The van der Waals surface area contributed by atoms with Gasteiger partial charge in [0.05, 0.1) is 22.8 Å². The van der Waals surface area contributed by atoms with Gasteiger partial charge in [0.1, 0.15) is 5.75 Å². The first-order valence-corrected chi connectivity index (χ1v) is 10.0. The zero-order chi connectivity index (χ0) is 22.2. The second-order valence-corrected chi connectivity index (χ2v) is 7.19. The predicted molar refractivity (Wildman–Crippen MR) is 120 cm³/mol. The maximum atomic E-state index is 12.5. The highest BCUT2D eigenvalue weighted by Crippen LogP contribution is 2.23. The highest BCUT2D eigenvalue weighted by Gasteiger charge is 2.14. The third kappa shape index (κ3) is 5.93. The monoisotopic (exact) mass is 482 g/mol. The molecule has 0 unspecified atom stereocenters. The van der Waals surface area contributed by atoms with Gasteiger partial charge in [-0.2, -0.15) is 0 Å². The third-order valence-electron chi connectivity index (χ3n) is 4.21. The number of anilines is 2. The van der Waals surface area contributed by atoms with Crippen LogP contribution in [-0.2, 0) is 9.53 Å². The SMILES string of the molecule is COC(=O)c1ccccc1NC(=O)c1ccc(NC(=O)COc2ccccc2Br)cc1. The average Bonchev–Trinajstić information content (AvgIpc) is 2.79. The molecule has 0 aliphatic heterocycles. The van der Waals surface area contributed by atoms with E-state index in [0.29, 0.717) is 22.7 Å². The lowest BCUT2D eigenvalue weighted by molar-refractivity contribution is -0.118. The summed E-state index contributed by atoms with van der Waals surface area (Å²) in [7, 11) is 1.28. The molecule has 0 atom stereocenters. The third-order valence-corrected chi connectivity index (χ3v) is 4.86. The molecule has 158 valence electrons. The van der Waals surface area contributed by atoms with Crippen LogP contribution in [0.3, 0.4) is 0 Å². The lowest BCUT2D eigenvalue weighted by atomic mass is 10.1. The molecular formula is C23H19BrN2O5. The van der Waals surface area contributed by atoms with Gasteiger partial charge in [0.15, 0.2) is 6.61 Å². The Morgan fingerprint density at radius 3 is 2.26 bits per heavy atom. The number of amides is 2. The van der Waals surface area contributed by atoms with Gasteiger partial charge < -0.3 is 20.1 Å². The molecule has 3 rings (SSSR count). The maximum absolute atomic E-state index is 12.5. The summed E-state index contributed by atoms with van der Waals surface area (Å²) in [6.07, 6.45) is 0. The van der Waals surface area contributed by atoms with Gasteiger partial charge in [0.25, 0.3) is 11.8 Å². The lowest BCUT2D eigenvalue weighted by Crippen LogP contribution is -2.20. The van der Waals surface area contributed by atoms with Crippen LogP contribution in [0.15, 0.2) is 77.3 Å². The van der Waals surface area contributed by atoms with E-state index in [2.05, 4.69) is 26.6 Å². The normalized spacial score (nSPS) is 10.1. The van der Waals surface area contributed by atoms with Gasteiger partial charge in [-0.05, 0) is 64.5 Å². The summed E-state index contributed by atoms with van der Waals surface area (Å²) >= 11 is 3.35. The van der Waals surface area contributed by atoms with E-state index in [1.54, 1.807) is 54.6 Å². The number of carbonyl (C=O) groups excluding carboxylic acids is 3. The minimum atomic E-state index is -0.543. The van der Waals surface area contributed by atoms with Crippen molar-refractivity contribution in [1.82, 2.24) is 0 Å². The van der Waals surface area contributed by atoms with Crippen LogP contribution in [0.2, 0.25) is 0 Å². The molecule has 2 N–H and O–H groups in total. The summed E-state index contributed by atoms with van der Waals surface area (Å²) < 4.78 is 11.0. The summed E-state index contributed by atoms with van der Waals surface area (Å²) in [5.41, 5.74) is 1.49. The quantitative estimate of drug-likeness (QED) is 0.483. The van der Waals surface area contributed by atoms with E-state index >= 15 is 0 Å². The Morgan fingerprint density at radius 2 is 1.55 bits per heavy atom. The van der Waals surface area contributed by atoms with Gasteiger partial charge in [0, 0.05) is 11.3 Å². The van der Waals surface area contributed by atoms with Crippen molar-refractivity contribution in [1.29, 1.82) is 0 Å². The molecule has 3 aromatic carbocycles. The lowest BCUT2D eigenvalue weighted by Gasteiger charge is -2.11. The Kier molecular flexibility index (Phi) is 7.40. The number of nitrogens with one attached hydrogen (secondary N) is 2. The topological polar surface area (TPSA) is 93.7 Å². The highest BCUT2D eigenvalue weighted by atomic mass is 79.9. The molecule has 7 nitrogen and oxygen atoms in total. The summed E-state index contributed by atoms with van der Waals surface area (Å²) in [6.45, 7) is -0.158. The fourth-order valence-electron chi connectivity index (χ4n) is 2.68. The van der Waals surface area contributed by atoms with Crippen molar-refractivity contribution in [3.05, 3.63) is 88.4 Å². The minimum Gasteiger partial charge on any atom is -0.483 e. The summed E-state index contributed by atoms with van der Waals surface area (Å²) in [5, 5.41) is 5.40. The van der Waals surface area contributed by atoms with E-state index in [4.69, 9.17) is 9.47 Å². The van der Waals surface area contributed by atoms with Crippen molar-refractivity contribution in [2.24, 2.45) is 0 Å². The number of ether oxygens (including phenoxy) is 2. The number of esters is 1. The summed E-state index contributed by atoms with van der Waals surface area (Å²) in [5.74, 6) is -0.706. The zero-order valence-electron chi connectivity index (χ0n) is 16.6. The van der Waals surface area contributed by atoms with E-state index < -0.39 is 11.9 Å². The Balaban J connectivity index is 1.59. The zero-order valence-corrected chi connectivity index (χ0v) is 18.1. The first kappa shape index (κ1) is 22.0. The standard InChI is InChI=1S/C23H19BrN2O5/c1-30-23(29)17-6-2-4-8-19(17)26-22(28)15-10-12-16(13-11-15)25-21(27)14-31-20-9-5-3-7-18(20)24/h2-13H,14H2,1H3,(H,25,27)(H,26,28). The van der Waals surface area contributed by atoms with Gasteiger partial charge in [-0.3, -0.25) is 9.59 Å². The number of hydrogen-bond donors (Lipinski definition) is 2. The summed E-state index contributed by atoms with van der Waals surface area (Å²) in [4.78, 5) is 36.5. The first-order valence-electron chi connectivity index (χ1n) is 9.24. The molecule has 0 bridgehead atoms. The number of para-hydroxylation sites is 2. The van der Waals surface area contributed by atoms with Crippen LogP contribution < -0.4 is 15.4 Å². The molecule has 0 saturated heterocycles. The highest BCUT2D eigenvalue weighted by molar-refractivity contribution is 9.10. The second-order valence-electron chi connectivity index (χ2n) is 6.34. The van der Waals surface area contributed by atoms with Crippen molar-refractivity contribution < 1.29 is 23.9 Å². The fraction of sp³-hybridized carbons (Fsp3) is 0.0870. The molecule has 0 radical (unpaired) electrons. The second kappa shape index (κ2) is 10.4. The summed E-state index contributed by atoms with van der Waals surface area (Å²) in [6, 6.07) is 20.2.